The molecule has 3 nitrogen and oxygen atoms in total. The maximum Gasteiger partial charge on any atom is 0.307 e. The van der Waals surface area contributed by atoms with E-state index in [-0.39, 0.29) is 12.0 Å². The van der Waals surface area contributed by atoms with Crippen molar-refractivity contribution >= 4 is 29.2 Å². The first-order valence-electron chi connectivity index (χ1n) is 5.28. The minimum atomic E-state index is -1.07. The number of nitrogens with zero attached hydrogens (tertiary/aromatic N) is 1. The molecule has 2 aromatic rings. The SMILES string of the molecule is O=C(O)Cc1cc(F)cnc1-c1cc(Cl)cc(Cl)c1. The molecular weight excluding hydrogens is 292 g/mol. The monoisotopic (exact) mass is 299 g/mol. The largest absolute Gasteiger partial charge is 0.481 e. The van der Waals surface area contributed by atoms with E-state index in [1.807, 2.05) is 0 Å². The van der Waals surface area contributed by atoms with Gasteiger partial charge >= 0.3 is 5.97 Å². The van der Waals surface area contributed by atoms with Crippen molar-refractivity contribution in [2.75, 3.05) is 0 Å². The quantitative estimate of drug-likeness (QED) is 0.937. The van der Waals surface area contributed by atoms with Gasteiger partial charge in [0.15, 0.2) is 0 Å². The van der Waals surface area contributed by atoms with Crippen molar-refractivity contribution < 1.29 is 14.3 Å². The summed E-state index contributed by atoms with van der Waals surface area (Å²) in [6.45, 7) is 0. The van der Waals surface area contributed by atoms with Gasteiger partial charge in [-0.3, -0.25) is 9.78 Å². The summed E-state index contributed by atoms with van der Waals surface area (Å²) in [4.78, 5) is 14.7. The summed E-state index contributed by atoms with van der Waals surface area (Å²) in [6, 6.07) is 5.89. The number of aliphatic carboxylic acids is 1. The van der Waals surface area contributed by atoms with E-state index >= 15 is 0 Å². The van der Waals surface area contributed by atoms with Gasteiger partial charge in [0.1, 0.15) is 5.82 Å². The average Bonchev–Trinajstić information content (AvgIpc) is 2.26. The van der Waals surface area contributed by atoms with Gasteiger partial charge in [0.2, 0.25) is 0 Å². The van der Waals surface area contributed by atoms with Crippen LogP contribution in [0.25, 0.3) is 11.3 Å². The second kappa shape index (κ2) is 5.55. The molecule has 0 aliphatic carbocycles. The van der Waals surface area contributed by atoms with E-state index in [0.717, 1.165) is 12.3 Å². The molecule has 0 radical (unpaired) electrons. The first-order valence-corrected chi connectivity index (χ1v) is 6.04. The van der Waals surface area contributed by atoms with Crippen LogP contribution >= 0.6 is 23.2 Å². The molecule has 0 saturated carbocycles. The summed E-state index contributed by atoms with van der Waals surface area (Å²) in [5, 5.41) is 9.63. The van der Waals surface area contributed by atoms with E-state index in [0.29, 0.717) is 21.3 Å². The standard InChI is InChI=1S/C13H8Cl2FNO2/c14-9-1-7(2-10(15)5-9)13-8(4-12(18)19)3-11(16)6-17-13/h1-3,5-6H,4H2,(H,18,19). The van der Waals surface area contributed by atoms with Gasteiger partial charge < -0.3 is 5.11 Å². The van der Waals surface area contributed by atoms with E-state index in [1.165, 1.54) is 0 Å². The van der Waals surface area contributed by atoms with Gasteiger partial charge in [-0.2, -0.15) is 0 Å². The molecule has 19 heavy (non-hydrogen) atoms. The number of carboxylic acids is 1. The number of aromatic nitrogens is 1. The van der Waals surface area contributed by atoms with Crippen molar-refractivity contribution in [3.8, 4) is 11.3 Å². The predicted octanol–water partition coefficient (Wildman–Crippen LogP) is 3.82. The van der Waals surface area contributed by atoms with Gasteiger partial charge in [0.25, 0.3) is 0 Å². The number of halogens is 3. The molecule has 0 fully saturated rings. The lowest BCUT2D eigenvalue weighted by molar-refractivity contribution is -0.136. The molecule has 2 rings (SSSR count). The molecule has 1 aromatic heterocycles. The Labute approximate surface area is 118 Å². The molecule has 6 heteroatoms. The third kappa shape index (κ3) is 3.43. The fourth-order valence-electron chi connectivity index (χ4n) is 1.73. The molecule has 0 bridgehead atoms. The number of rotatable bonds is 3. The van der Waals surface area contributed by atoms with Crippen molar-refractivity contribution in [1.29, 1.82) is 0 Å². The highest BCUT2D eigenvalue weighted by molar-refractivity contribution is 6.35. The van der Waals surface area contributed by atoms with E-state index < -0.39 is 11.8 Å². The van der Waals surface area contributed by atoms with Gasteiger partial charge in [-0.25, -0.2) is 4.39 Å². The highest BCUT2D eigenvalue weighted by atomic mass is 35.5. The minimum Gasteiger partial charge on any atom is -0.481 e. The molecule has 98 valence electrons. The van der Waals surface area contributed by atoms with Crippen LogP contribution in [0, 0.1) is 5.82 Å². The van der Waals surface area contributed by atoms with Crippen LogP contribution in [0.4, 0.5) is 4.39 Å². The van der Waals surface area contributed by atoms with Crippen molar-refractivity contribution in [3.05, 3.63) is 51.9 Å². The van der Waals surface area contributed by atoms with Crippen LogP contribution in [0.15, 0.2) is 30.5 Å². The van der Waals surface area contributed by atoms with Crippen LogP contribution in [0.1, 0.15) is 5.56 Å². The fraction of sp³-hybridized carbons (Fsp3) is 0.0769. The Kier molecular flexibility index (Phi) is 4.02. The third-order valence-electron chi connectivity index (χ3n) is 2.41. The van der Waals surface area contributed by atoms with Crippen LogP contribution in [0.3, 0.4) is 0 Å². The van der Waals surface area contributed by atoms with Crippen molar-refractivity contribution in [2.45, 2.75) is 6.42 Å². The molecule has 0 amide bonds. The number of pyridine rings is 1. The van der Waals surface area contributed by atoms with Gasteiger partial charge in [0, 0.05) is 15.6 Å². The van der Waals surface area contributed by atoms with Gasteiger partial charge in [-0.1, -0.05) is 23.2 Å². The molecule has 1 heterocycles. The lowest BCUT2D eigenvalue weighted by atomic mass is 10.0. The van der Waals surface area contributed by atoms with Crippen LogP contribution in [-0.4, -0.2) is 16.1 Å². The van der Waals surface area contributed by atoms with Crippen LogP contribution in [0.5, 0.6) is 0 Å². The van der Waals surface area contributed by atoms with Crippen LogP contribution < -0.4 is 0 Å². The Balaban J connectivity index is 2.57. The van der Waals surface area contributed by atoms with Crippen LogP contribution in [0.2, 0.25) is 10.0 Å². The Bertz CT molecular complexity index is 626. The zero-order valence-electron chi connectivity index (χ0n) is 9.53. The Morgan fingerprint density at radius 2 is 1.84 bits per heavy atom. The topological polar surface area (TPSA) is 50.2 Å². The van der Waals surface area contributed by atoms with Crippen molar-refractivity contribution in [3.63, 3.8) is 0 Å². The second-order valence-electron chi connectivity index (χ2n) is 3.89. The fourth-order valence-corrected chi connectivity index (χ4v) is 2.26. The lowest BCUT2D eigenvalue weighted by Crippen LogP contribution is -2.04. The Morgan fingerprint density at radius 1 is 1.21 bits per heavy atom. The zero-order valence-corrected chi connectivity index (χ0v) is 11.0. The first kappa shape index (κ1) is 13.8. The summed E-state index contributed by atoms with van der Waals surface area (Å²) < 4.78 is 13.2. The van der Waals surface area contributed by atoms with E-state index in [2.05, 4.69) is 4.98 Å². The maximum absolute atomic E-state index is 13.2. The highest BCUT2D eigenvalue weighted by Crippen LogP contribution is 2.28. The summed E-state index contributed by atoms with van der Waals surface area (Å²) in [6.07, 6.45) is 0.694. The minimum absolute atomic E-state index is 0.269. The smallest absolute Gasteiger partial charge is 0.307 e. The molecule has 0 aliphatic rings. The van der Waals surface area contributed by atoms with Gasteiger partial charge in [0.05, 0.1) is 18.3 Å². The second-order valence-corrected chi connectivity index (χ2v) is 4.76. The van der Waals surface area contributed by atoms with Gasteiger partial charge in [-0.15, -0.1) is 0 Å². The summed E-state index contributed by atoms with van der Waals surface area (Å²) in [5.74, 6) is -1.66. The maximum atomic E-state index is 13.2. The van der Waals surface area contributed by atoms with E-state index in [9.17, 15) is 9.18 Å². The average molecular weight is 300 g/mol. The summed E-state index contributed by atoms with van der Waals surface area (Å²) in [5.41, 5.74) is 1.17. The number of benzene rings is 1. The molecule has 0 saturated heterocycles. The summed E-state index contributed by atoms with van der Waals surface area (Å²) in [7, 11) is 0. The first-order chi connectivity index (χ1) is 8.95. The molecule has 0 aliphatic heterocycles. The number of hydrogen-bond donors (Lipinski definition) is 1. The molecular formula is C13H8Cl2FNO2. The van der Waals surface area contributed by atoms with Gasteiger partial charge in [-0.05, 0) is 29.8 Å². The number of carbonyl (C=O) groups is 1. The predicted molar refractivity (Wildman–Crippen MR) is 71.0 cm³/mol. The normalized spacial score (nSPS) is 10.5. The molecule has 1 aromatic carbocycles. The summed E-state index contributed by atoms with van der Waals surface area (Å²) >= 11 is 11.8. The molecule has 0 unspecified atom stereocenters. The van der Waals surface area contributed by atoms with E-state index in [1.54, 1.807) is 18.2 Å². The van der Waals surface area contributed by atoms with Crippen molar-refractivity contribution in [1.82, 2.24) is 4.98 Å². The molecule has 1 N–H and O–H groups in total. The highest BCUT2D eigenvalue weighted by Gasteiger charge is 2.12. The van der Waals surface area contributed by atoms with Crippen LogP contribution in [-0.2, 0) is 11.2 Å². The Hall–Kier alpha value is -1.65. The molecule has 0 spiro atoms. The Morgan fingerprint density at radius 3 is 2.42 bits per heavy atom. The van der Waals surface area contributed by atoms with E-state index in [4.69, 9.17) is 28.3 Å². The zero-order chi connectivity index (χ0) is 14.0. The lowest BCUT2D eigenvalue weighted by Gasteiger charge is -2.08. The number of carboxylic acid groups (broad SMARTS) is 1. The molecule has 0 atom stereocenters. The number of hydrogen-bond acceptors (Lipinski definition) is 2. The van der Waals surface area contributed by atoms with Crippen molar-refractivity contribution in [2.24, 2.45) is 0 Å². The third-order valence-corrected chi connectivity index (χ3v) is 2.85.